The predicted octanol–water partition coefficient (Wildman–Crippen LogP) is 1.29. The van der Waals surface area contributed by atoms with E-state index in [1.165, 1.54) is 11.1 Å². The fourth-order valence-corrected chi connectivity index (χ4v) is 3.37. The number of hydrogen-bond acceptors (Lipinski definition) is 6. The van der Waals surface area contributed by atoms with Crippen LogP contribution in [0.2, 0.25) is 0 Å². The summed E-state index contributed by atoms with van der Waals surface area (Å²) in [4.78, 5) is 18.3. The summed E-state index contributed by atoms with van der Waals surface area (Å²) in [6.45, 7) is 1.71. The van der Waals surface area contributed by atoms with E-state index in [0.717, 1.165) is 43.1 Å². The SMILES string of the molecule is Cn1nc(N2CCCCC2CNc2nccn3nccc23)ccc1=O. The fraction of sp³-hybridized carbons (Fsp3) is 0.412. The number of nitrogens with one attached hydrogen (secondary N) is 1. The second-order valence-electron chi connectivity index (χ2n) is 6.31. The lowest BCUT2D eigenvalue weighted by atomic mass is 10.0. The van der Waals surface area contributed by atoms with Gasteiger partial charge in [0.2, 0.25) is 0 Å². The van der Waals surface area contributed by atoms with Crippen molar-refractivity contribution < 1.29 is 0 Å². The lowest BCUT2D eigenvalue weighted by Gasteiger charge is -2.36. The Morgan fingerprint density at radius 1 is 1.24 bits per heavy atom. The highest BCUT2D eigenvalue weighted by Gasteiger charge is 2.24. The molecule has 0 bridgehead atoms. The van der Waals surface area contributed by atoms with Gasteiger partial charge in [0.15, 0.2) is 5.82 Å². The Hall–Kier alpha value is -2.90. The summed E-state index contributed by atoms with van der Waals surface area (Å²) < 4.78 is 3.20. The van der Waals surface area contributed by atoms with E-state index >= 15 is 0 Å². The Kier molecular flexibility index (Phi) is 4.09. The van der Waals surface area contributed by atoms with E-state index in [0.29, 0.717) is 6.04 Å². The quantitative estimate of drug-likeness (QED) is 0.772. The van der Waals surface area contributed by atoms with Crippen molar-refractivity contribution in [2.75, 3.05) is 23.3 Å². The number of nitrogens with zero attached hydrogens (tertiary/aromatic N) is 6. The molecule has 1 fully saturated rings. The van der Waals surface area contributed by atoms with Crippen LogP contribution in [0.25, 0.3) is 5.52 Å². The number of anilines is 2. The minimum Gasteiger partial charge on any atom is -0.366 e. The Labute approximate surface area is 145 Å². The number of hydrogen-bond donors (Lipinski definition) is 1. The average Bonchev–Trinajstić information content (AvgIpc) is 3.12. The molecule has 0 aromatic carbocycles. The molecular formula is C17H21N7O. The summed E-state index contributed by atoms with van der Waals surface area (Å²) in [6, 6.07) is 5.65. The van der Waals surface area contributed by atoms with Crippen LogP contribution in [0.5, 0.6) is 0 Å². The zero-order valence-corrected chi connectivity index (χ0v) is 14.2. The van der Waals surface area contributed by atoms with E-state index in [-0.39, 0.29) is 5.56 Å². The zero-order chi connectivity index (χ0) is 17.2. The van der Waals surface area contributed by atoms with Crippen LogP contribution in [0.3, 0.4) is 0 Å². The molecule has 4 rings (SSSR count). The van der Waals surface area contributed by atoms with Crippen LogP contribution in [0.1, 0.15) is 19.3 Å². The van der Waals surface area contributed by atoms with Crippen molar-refractivity contribution in [1.82, 2.24) is 24.4 Å². The minimum absolute atomic E-state index is 0.0907. The van der Waals surface area contributed by atoms with Gasteiger partial charge in [0.1, 0.15) is 11.3 Å². The molecule has 0 amide bonds. The van der Waals surface area contributed by atoms with Gasteiger partial charge in [0.05, 0.1) is 6.20 Å². The monoisotopic (exact) mass is 339 g/mol. The minimum atomic E-state index is -0.0907. The summed E-state index contributed by atoms with van der Waals surface area (Å²) >= 11 is 0. The van der Waals surface area contributed by atoms with Crippen LogP contribution in [-0.4, -0.2) is 43.5 Å². The van der Waals surface area contributed by atoms with Crippen LogP contribution in [0.4, 0.5) is 11.6 Å². The number of aromatic nitrogens is 5. The number of fused-ring (bicyclic) bond motifs is 1. The lowest BCUT2D eigenvalue weighted by molar-refractivity contribution is 0.464. The van der Waals surface area contributed by atoms with Gasteiger partial charge < -0.3 is 10.2 Å². The Morgan fingerprint density at radius 2 is 2.16 bits per heavy atom. The van der Waals surface area contributed by atoms with Crippen molar-refractivity contribution in [2.45, 2.75) is 25.3 Å². The van der Waals surface area contributed by atoms with Gasteiger partial charge in [-0.1, -0.05) is 0 Å². The van der Waals surface area contributed by atoms with Crippen LogP contribution in [0, 0.1) is 0 Å². The highest BCUT2D eigenvalue weighted by Crippen LogP contribution is 2.23. The maximum atomic E-state index is 11.6. The molecule has 4 heterocycles. The van der Waals surface area contributed by atoms with Crippen LogP contribution in [-0.2, 0) is 7.05 Å². The molecule has 3 aromatic heterocycles. The van der Waals surface area contributed by atoms with Gasteiger partial charge >= 0.3 is 0 Å². The second-order valence-corrected chi connectivity index (χ2v) is 6.31. The summed E-state index contributed by atoms with van der Waals surface area (Å²) in [7, 11) is 1.69. The van der Waals surface area contributed by atoms with E-state index in [4.69, 9.17) is 0 Å². The first-order valence-electron chi connectivity index (χ1n) is 8.55. The Bertz CT molecular complexity index is 932. The molecule has 8 heteroatoms. The molecule has 8 nitrogen and oxygen atoms in total. The predicted molar refractivity (Wildman–Crippen MR) is 95.9 cm³/mol. The molecule has 1 unspecified atom stereocenters. The molecule has 3 aromatic rings. The van der Waals surface area contributed by atoms with Crippen molar-refractivity contribution in [3.05, 3.63) is 47.1 Å². The van der Waals surface area contributed by atoms with Crippen molar-refractivity contribution in [2.24, 2.45) is 7.05 Å². The molecule has 25 heavy (non-hydrogen) atoms. The standard InChI is InChI=1S/C17H21N7O/c1-22-16(25)6-5-15(21-22)23-10-3-2-4-13(23)12-19-17-14-7-8-20-24(14)11-9-18-17/h5-9,11,13H,2-4,10,12H2,1H3,(H,18,19). The maximum Gasteiger partial charge on any atom is 0.266 e. The first-order chi connectivity index (χ1) is 12.2. The lowest BCUT2D eigenvalue weighted by Crippen LogP contribution is -2.45. The maximum absolute atomic E-state index is 11.6. The highest BCUT2D eigenvalue weighted by atomic mass is 16.1. The van der Waals surface area contributed by atoms with Crippen molar-refractivity contribution in [3.63, 3.8) is 0 Å². The van der Waals surface area contributed by atoms with Crippen molar-refractivity contribution >= 4 is 17.2 Å². The average molecular weight is 339 g/mol. The topological polar surface area (TPSA) is 80.3 Å². The molecule has 0 saturated carbocycles. The van der Waals surface area contributed by atoms with Crippen LogP contribution in [0.15, 0.2) is 41.6 Å². The van der Waals surface area contributed by atoms with E-state index in [1.54, 1.807) is 25.5 Å². The molecule has 0 aliphatic carbocycles. The summed E-state index contributed by atoms with van der Waals surface area (Å²) in [5, 5.41) is 12.1. The molecule has 1 aliphatic rings. The number of piperidine rings is 1. The van der Waals surface area contributed by atoms with Gasteiger partial charge in [-0.15, -0.1) is 0 Å². The molecule has 1 N–H and O–H groups in total. The third kappa shape index (κ3) is 3.07. The molecular weight excluding hydrogens is 318 g/mol. The van der Waals surface area contributed by atoms with E-state index in [1.807, 2.05) is 22.8 Å². The van der Waals surface area contributed by atoms with E-state index in [2.05, 4.69) is 25.4 Å². The smallest absolute Gasteiger partial charge is 0.266 e. The summed E-state index contributed by atoms with van der Waals surface area (Å²) in [5.41, 5.74) is 0.872. The summed E-state index contributed by atoms with van der Waals surface area (Å²) in [6.07, 6.45) is 8.76. The molecule has 1 saturated heterocycles. The van der Waals surface area contributed by atoms with E-state index < -0.39 is 0 Å². The van der Waals surface area contributed by atoms with Gasteiger partial charge in [-0.05, 0) is 31.4 Å². The Balaban J connectivity index is 1.54. The van der Waals surface area contributed by atoms with Crippen LogP contribution >= 0.6 is 0 Å². The van der Waals surface area contributed by atoms with Gasteiger partial charge in [0, 0.05) is 44.6 Å². The Morgan fingerprint density at radius 3 is 3.04 bits per heavy atom. The molecule has 130 valence electrons. The van der Waals surface area contributed by atoms with Crippen LogP contribution < -0.4 is 15.8 Å². The molecule has 0 spiro atoms. The van der Waals surface area contributed by atoms with Gasteiger partial charge in [0.25, 0.3) is 5.56 Å². The highest BCUT2D eigenvalue weighted by molar-refractivity contribution is 5.66. The molecule has 1 aliphatic heterocycles. The first-order valence-corrected chi connectivity index (χ1v) is 8.55. The normalized spacial score (nSPS) is 17.8. The largest absolute Gasteiger partial charge is 0.366 e. The molecule has 1 atom stereocenters. The third-order valence-electron chi connectivity index (χ3n) is 4.70. The van der Waals surface area contributed by atoms with Gasteiger partial charge in [-0.3, -0.25) is 4.79 Å². The fourth-order valence-electron chi connectivity index (χ4n) is 3.37. The zero-order valence-electron chi connectivity index (χ0n) is 14.2. The van der Waals surface area contributed by atoms with Crippen molar-refractivity contribution in [1.29, 1.82) is 0 Å². The van der Waals surface area contributed by atoms with Crippen molar-refractivity contribution in [3.8, 4) is 0 Å². The first kappa shape index (κ1) is 15.6. The summed E-state index contributed by atoms with van der Waals surface area (Å²) in [5.74, 6) is 1.68. The van der Waals surface area contributed by atoms with E-state index in [9.17, 15) is 4.79 Å². The van der Waals surface area contributed by atoms with Gasteiger partial charge in [-0.25, -0.2) is 14.2 Å². The molecule has 0 radical (unpaired) electrons. The second kappa shape index (κ2) is 6.54. The number of rotatable bonds is 4. The number of aryl methyl sites for hydroxylation is 1. The van der Waals surface area contributed by atoms with Gasteiger partial charge in [-0.2, -0.15) is 10.2 Å². The third-order valence-corrected chi connectivity index (χ3v) is 4.70.